The van der Waals surface area contributed by atoms with Crippen molar-refractivity contribution >= 4 is 42.0 Å². The summed E-state index contributed by atoms with van der Waals surface area (Å²) in [7, 11) is -3.50. The maximum absolute atomic E-state index is 14.4. The zero-order chi connectivity index (χ0) is 27.7. The van der Waals surface area contributed by atoms with Crippen LogP contribution in [-0.4, -0.2) is 49.6 Å². The van der Waals surface area contributed by atoms with Crippen molar-refractivity contribution in [3.05, 3.63) is 47.5 Å². The number of benzene rings is 1. The van der Waals surface area contributed by atoms with Crippen molar-refractivity contribution in [2.75, 3.05) is 12.1 Å². The van der Waals surface area contributed by atoms with Gasteiger partial charge in [-0.15, -0.1) is 0 Å². The predicted molar refractivity (Wildman–Crippen MR) is 147 cm³/mol. The standard InChI is InChI=1S/C25H35ClN7O4P/c1-16(2)37-23(34)24(4,5)31-38(35,32-25(10-11-25)18-6-8-19(26)9-7-18)15-36-17(3)12-33-14-30-20-21(27)28-13-29-22(20)33/h6-9,13-14,16-17H,10-12,15H2,1-5H3,(H2,27,28,29)(H2,31,32,35)/t17-,38-/m1/s1. The van der Waals surface area contributed by atoms with E-state index >= 15 is 0 Å². The van der Waals surface area contributed by atoms with E-state index < -0.39 is 24.5 Å². The molecule has 0 radical (unpaired) electrons. The number of rotatable bonds is 12. The van der Waals surface area contributed by atoms with Crippen molar-refractivity contribution in [2.24, 2.45) is 0 Å². The van der Waals surface area contributed by atoms with Gasteiger partial charge in [0.25, 0.3) is 0 Å². The minimum absolute atomic E-state index is 0.161. The molecule has 2 aromatic heterocycles. The lowest BCUT2D eigenvalue weighted by Gasteiger charge is -2.34. The quantitative estimate of drug-likeness (QED) is 0.216. The smallest absolute Gasteiger partial charge is 0.326 e. The number of nitrogens with zero attached hydrogens (tertiary/aromatic N) is 4. The zero-order valence-electron chi connectivity index (χ0n) is 22.3. The molecule has 2 heterocycles. The highest BCUT2D eigenvalue weighted by Crippen LogP contribution is 2.54. The van der Waals surface area contributed by atoms with Crippen LogP contribution in [0.3, 0.4) is 0 Å². The van der Waals surface area contributed by atoms with Crippen LogP contribution < -0.4 is 15.9 Å². The molecule has 4 N–H and O–H groups in total. The molecule has 4 rings (SSSR count). The van der Waals surface area contributed by atoms with E-state index in [1.165, 1.54) is 6.33 Å². The Labute approximate surface area is 227 Å². The molecule has 1 aromatic carbocycles. The normalized spacial score (nSPS) is 17.3. The molecular formula is C25H35ClN7O4P. The van der Waals surface area contributed by atoms with Gasteiger partial charge in [-0.05, 0) is 65.2 Å². The minimum atomic E-state index is -3.50. The predicted octanol–water partition coefficient (Wildman–Crippen LogP) is 4.22. The average molecular weight is 564 g/mol. The number of hydrogen-bond acceptors (Lipinski definition) is 8. The summed E-state index contributed by atoms with van der Waals surface area (Å²) in [5.41, 5.74) is 6.23. The number of halogens is 1. The van der Waals surface area contributed by atoms with Crippen molar-refractivity contribution in [3.63, 3.8) is 0 Å². The largest absolute Gasteiger partial charge is 0.462 e. The number of nitrogens with two attached hydrogens (primary N) is 1. The third-order valence-electron chi connectivity index (χ3n) is 6.28. The topological polar surface area (TPSA) is 146 Å². The molecule has 11 nitrogen and oxygen atoms in total. The highest BCUT2D eigenvalue weighted by atomic mass is 35.5. The number of hydrogen-bond donors (Lipinski definition) is 3. The molecular weight excluding hydrogens is 529 g/mol. The summed E-state index contributed by atoms with van der Waals surface area (Å²) in [6.45, 7) is 9.11. The Morgan fingerprint density at radius 2 is 1.89 bits per heavy atom. The number of carbonyl (C=O) groups is 1. The average Bonchev–Trinajstić information content (AvgIpc) is 3.49. The Bertz CT molecular complexity index is 1340. The van der Waals surface area contributed by atoms with E-state index in [4.69, 9.17) is 26.8 Å². The van der Waals surface area contributed by atoms with Crippen LogP contribution in [0, 0.1) is 0 Å². The molecule has 38 heavy (non-hydrogen) atoms. The summed E-state index contributed by atoms with van der Waals surface area (Å²) in [5, 5.41) is 7.04. The zero-order valence-corrected chi connectivity index (χ0v) is 23.9. The van der Waals surface area contributed by atoms with Gasteiger partial charge in [-0.25, -0.2) is 25.1 Å². The van der Waals surface area contributed by atoms with Gasteiger partial charge in [0.05, 0.1) is 30.6 Å². The number of nitrogen functional groups attached to an aromatic ring is 1. The van der Waals surface area contributed by atoms with E-state index in [9.17, 15) is 9.36 Å². The van der Waals surface area contributed by atoms with E-state index in [0.29, 0.717) is 28.5 Å². The molecule has 0 spiro atoms. The van der Waals surface area contributed by atoms with Crippen molar-refractivity contribution < 1.29 is 18.8 Å². The summed E-state index contributed by atoms with van der Waals surface area (Å²) in [4.78, 5) is 25.3. The number of fused-ring (bicyclic) bond motifs is 1. The number of esters is 1. The number of anilines is 1. The first-order chi connectivity index (χ1) is 17.8. The number of nitrogens with one attached hydrogen (secondary N) is 2. The molecule has 2 atom stereocenters. The molecule has 1 aliphatic carbocycles. The van der Waals surface area contributed by atoms with E-state index in [-0.39, 0.29) is 18.6 Å². The maximum atomic E-state index is 14.4. The van der Waals surface area contributed by atoms with E-state index in [1.807, 2.05) is 35.8 Å². The fourth-order valence-corrected chi connectivity index (χ4v) is 7.06. The third kappa shape index (κ3) is 6.52. The summed E-state index contributed by atoms with van der Waals surface area (Å²) in [6.07, 6.45) is 3.75. The van der Waals surface area contributed by atoms with E-state index in [0.717, 1.165) is 18.4 Å². The van der Waals surface area contributed by atoms with Gasteiger partial charge in [-0.3, -0.25) is 9.36 Å². The SMILES string of the molecule is CC(C)OC(=O)C(C)(C)N[P@](=O)(CO[C@H](C)Cn1cnc2c(N)ncnc21)NC1(c2ccc(Cl)cc2)CC1. The van der Waals surface area contributed by atoms with Gasteiger partial charge in [0.2, 0.25) is 7.44 Å². The number of imidazole rings is 1. The molecule has 0 saturated heterocycles. The summed E-state index contributed by atoms with van der Waals surface area (Å²) >= 11 is 6.09. The van der Waals surface area contributed by atoms with Crippen LogP contribution in [0.15, 0.2) is 36.9 Å². The lowest BCUT2D eigenvalue weighted by atomic mass is 10.1. The first kappa shape index (κ1) is 28.4. The molecule has 0 aliphatic heterocycles. The van der Waals surface area contributed by atoms with Crippen LogP contribution in [-0.2, 0) is 30.9 Å². The van der Waals surface area contributed by atoms with Gasteiger partial charge < -0.3 is 19.8 Å². The monoisotopic (exact) mass is 563 g/mol. The van der Waals surface area contributed by atoms with Gasteiger partial charge >= 0.3 is 5.97 Å². The van der Waals surface area contributed by atoms with Crippen molar-refractivity contribution in [3.8, 4) is 0 Å². The fourth-order valence-electron chi connectivity index (χ4n) is 4.25. The molecule has 1 aliphatic rings. The molecule has 0 bridgehead atoms. The van der Waals surface area contributed by atoms with E-state index in [2.05, 4.69) is 25.1 Å². The number of aromatic nitrogens is 4. The molecule has 3 aromatic rings. The fraction of sp³-hybridized carbons (Fsp3) is 0.520. The van der Waals surface area contributed by atoms with Crippen LogP contribution in [0.1, 0.15) is 53.0 Å². The molecule has 13 heteroatoms. The van der Waals surface area contributed by atoms with Crippen molar-refractivity contribution in [1.82, 2.24) is 29.7 Å². The van der Waals surface area contributed by atoms with Crippen molar-refractivity contribution in [1.29, 1.82) is 0 Å². The van der Waals surface area contributed by atoms with Crippen LogP contribution in [0.5, 0.6) is 0 Å². The third-order valence-corrected chi connectivity index (χ3v) is 8.75. The van der Waals surface area contributed by atoms with Gasteiger partial charge in [0.1, 0.15) is 23.7 Å². The summed E-state index contributed by atoms with van der Waals surface area (Å²) in [5.74, 6) is -0.200. The first-order valence-corrected chi connectivity index (χ1v) is 14.8. The Hall–Kier alpha value is -2.56. The van der Waals surface area contributed by atoms with Crippen LogP contribution in [0.2, 0.25) is 5.02 Å². The maximum Gasteiger partial charge on any atom is 0.326 e. The van der Waals surface area contributed by atoms with Gasteiger partial charge in [0, 0.05) is 5.02 Å². The lowest BCUT2D eigenvalue weighted by Crippen LogP contribution is -2.50. The summed E-state index contributed by atoms with van der Waals surface area (Å²) in [6, 6.07) is 7.47. The Morgan fingerprint density at radius 1 is 1.21 bits per heavy atom. The van der Waals surface area contributed by atoms with E-state index in [1.54, 1.807) is 34.0 Å². The highest BCUT2D eigenvalue weighted by molar-refractivity contribution is 7.59. The second-order valence-electron chi connectivity index (χ2n) is 10.6. The van der Waals surface area contributed by atoms with Crippen LogP contribution in [0.4, 0.5) is 5.82 Å². The van der Waals surface area contributed by atoms with Gasteiger partial charge in [-0.2, -0.15) is 0 Å². The molecule has 1 fully saturated rings. The van der Waals surface area contributed by atoms with Crippen molar-refractivity contribution in [2.45, 2.75) is 77.3 Å². The second-order valence-corrected chi connectivity index (χ2v) is 13.2. The van der Waals surface area contributed by atoms with Crippen LogP contribution >= 0.6 is 19.0 Å². The summed E-state index contributed by atoms with van der Waals surface area (Å²) < 4.78 is 27.8. The Kier molecular flexibility index (Phi) is 8.16. The molecule has 0 amide bonds. The highest BCUT2D eigenvalue weighted by Gasteiger charge is 2.50. The lowest BCUT2D eigenvalue weighted by molar-refractivity contribution is -0.153. The number of ether oxygens (including phenoxy) is 2. The van der Waals surface area contributed by atoms with Gasteiger partial charge in [-0.1, -0.05) is 23.7 Å². The number of carbonyl (C=O) groups excluding carboxylic acids is 1. The Morgan fingerprint density at radius 3 is 2.53 bits per heavy atom. The molecule has 1 saturated carbocycles. The van der Waals surface area contributed by atoms with Crippen LogP contribution in [0.25, 0.3) is 11.2 Å². The minimum Gasteiger partial charge on any atom is -0.462 e. The Balaban J connectivity index is 1.53. The molecule has 0 unspecified atom stereocenters. The second kappa shape index (κ2) is 10.9. The first-order valence-electron chi connectivity index (χ1n) is 12.5. The van der Waals surface area contributed by atoms with Gasteiger partial charge in [0.15, 0.2) is 11.5 Å². The molecule has 206 valence electrons.